The third-order valence-electron chi connectivity index (χ3n) is 2.90. The highest BCUT2D eigenvalue weighted by Gasteiger charge is 2.08. The maximum absolute atomic E-state index is 11.6. The normalized spacial score (nSPS) is 12.6. The van der Waals surface area contributed by atoms with E-state index >= 15 is 0 Å². The maximum atomic E-state index is 11.6. The van der Waals surface area contributed by atoms with Gasteiger partial charge in [-0.3, -0.25) is 14.9 Å². The summed E-state index contributed by atoms with van der Waals surface area (Å²) in [5.41, 5.74) is 0.785. The molecule has 0 saturated carbocycles. The van der Waals surface area contributed by atoms with Crippen molar-refractivity contribution in [3.8, 4) is 0 Å². The minimum absolute atomic E-state index is 0.0371. The molecule has 1 aromatic carbocycles. The van der Waals surface area contributed by atoms with Crippen LogP contribution >= 0.6 is 0 Å². The molecule has 5 nitrogen and oxygen atoms in total. The first kappa shape index (κ1) is 14.9. The van der Waals surface area contributed by atoms with E-state index in [-0.39, 0.29) is 17.6 Å². The first-order valence-electron chi connectivity index (χ1n) is 6.13. The van der Waals surface area contributed by atoms with Gasteiger partial charge in [0.25, 0.3) is 5.69 Å². The Morgan fingerprint density at radius 2 is 1.84 bits per heavy atom. The number of nitro benzene ring substituents is 1. The monoisotopic (exact) mass is 262 g/mol. The summed E-state index contributed by atoms with van der Waals surface area (Å²) in [4.78, 5) is 21.6. The molecule has 0 saturated heterocycles. The van der Waals surface area contributed by atoms with Crippen molar-refractivity contribution in [2.45, 2.75) is 26.8 Å². The fraction of sp³-hybridized carbons (Fsp3) is 0.357. The lowest BCUT2D eigenvalue weighted by molar-refractivity contribution is -0.384. The average molecular weight is 262 g/mol. The Balaban J connectivity index is 2.61. The molecule has 0 radical (unpaired) electrons. The van der Waals surface area contributed by atoms with E-state index < -0.39 is 4.92 Å². The zero-order chi connectivity index (χ0) is 14.4. The van der Waals surface area contributed by atoms with Crippen LogP contribution in [0.5, 0.6) is 0 Å². The van der Waals surface area contributed by atoms with E-state index in [0.29, 0.717) is 5.92 Å². The highest BCUT2D eigenvalue weighted by Crippen LogP contribution is 2.12. The zero-order valence-electron chi connectivity index (χ0n) is 11.3. The van der Waals surface area contributed by atoms with Crippen LogP contribution in [0.15, 0.2) is 30.3 Å². The Morgan fingerprint density at radius 1 is 1.26 bits per heavy atom. The molecule has 0 bridgehead atoms. The van der Waals surface area contributed by atoms with Crippen LogP contribution in [0.2, 0.25) is 0 Å². The van der Waals surface area contributed by atoms with Crippen molar-refractivity contribution in [2.24, 2.45) is 5.92 Å². The summed E-state index contributed by atoms with van der Waals surface area (Å²) in [5.74, 6) is 0.205. The number of rotatable bonds is 5. The van der Waals surface area contributed by atoms with Crippen LogP contribution in [0.3, 0.4) is 0 Å². The molecule has 1 aromatic rings. The molecule has 0 fully saturated rings. The number of nitrogens with zero attached hydrogens (tertiary/aromatic N) is 1. The molecular formula is C14H18N2O3. The molecule has 0 aliphatic rings. The van der Waals surface area contributed by atoms with Gasteiger partial charge in [-0.05, 0) is 36.6 Å². The second kappa shape index (κ2) is 6.68. The molecule has 1 amide bonds. The van der Waals surface area contributed by atoms with Crippen LogP contribution in [0.25, 0.3) is 6.08 Å². The van der Waals surface area contributed by atoms with Gasteiger partial charge in [-0.2, -0.15) is 0 Å². The lowest BCUT2D eigenvalue weighted by Crippen LogP contribution is -2.34. The van der Waals surface area contributed by atoms with E-state index in [1.165, 1.54) is 18.2 Å². The third-order valence-corrected chi connectivity index (χ3v) is 2.90. The van der Waals surface area contributed by atoms with Crippen molar-refractivity contribution in [2.75, 3.05) is 0 Å². The second-order valence-corrected chi connectivity index (χ2v) is 4.72. The summed E-state index contributed by atoms with van der Waals surface area (Å²) < 4.78 is 0. The zero-order valence-corrected chi connectivity index (χ0v) is 11.3. The quantitative estimate of drug-likeness (QED) is 0.504. The summed E-state index contributed by atoms with van der Waals surface area (Å²) in [7, 11) is 0. The van der Waals surface area contributed by atoms with Gasteiger partial charge in [0.05, 0.1) is 4.92 Å². The topological polar surface area (TPSA) is 72.2 Å². The van der Waals surface area contributed by atoms with Gasteiger partial charge in [0.1, 0.15) is 0 Å². The largest absolute Gasteiger partial charge is 0.350 e. The number of nitrogens with one attached hydrogen (secondary N) is 1. The van der Waals surface area contributed by atoms with Crippen molar-refractivity contribution in [1.29, 1.82) is 0 Å². The van der Waals surface area contributed by atoms with E-state index in [1.807, 2.05) is 20.8 Å². The highest BCUT2D eigenvalue weighted by molar-refractivity contribution is 5.91. The van der Waals surface area contributed by atoms with Crippen LogP contribution in [0, 0.1) is 16.0 Å². The van der Waals surface area contributed by atoms with E-state index in [0.717, 1.165) is 5.56 Å². The third kappa shape index (κ3) is 4.91. The minimum Gasteiger partial charge on any atom is -0.350 e. The van der Waals surface area contributed by atoms with Crippen molar-refractivity contribution < 1.29 is 9.72 Å². The van der Waals surface area contributed by atoms with E-state index in [9.17, 15) is 14.9 Å². The summed E-state index contributed by atoms with van der Waals surface area (Å²) in [6.07, 6.45) is 3.06. The molecule has 0 aliphatic heterocycles. The van der Waals surface area contributed by atoms with Gasteiger partial charge in [0.15, 0.2) is 0 Å². The number of amides is 1. The molecule has 0 aromatic heterocycles. The predicted octanol–water partition coefficient (Wildman–Crippen LogP) is 2.77. The lowest BCUT2D eigenvalue weighted by Gasteiger charge is -2.15. The maximum Gasteiger partial charge on any atom is 0.269 e. The van der Waals surface area contributed by atoms with Crippen molar-refractivity contribution in [3.63, 3.8) is 0 Å². The Bertz CT molecular complexity index is 478. The van der Waals surface area contributed by atoms with Gasteiger partial charge >= 0.3 is 0 Å². The fourth-order valence-electron chi connectivity index (χ4n) is 1.32. The number of carbonyl (C=O) groups excluding carboxylic acids is 1. The van der Waals surface area contributed by atoms with Crippen molar-refractivity contribution in [3.05, 3.63) is 46.0 Å². The summed E-state index contributed by atoms with van der Waals surface area (Å²) >= 11 is 0. The lowest BCUT2D eigenvalue weighted by atomic mass is 10.1. The molecular weight excluding hydrogens is 244 g/mol. The molecule has 1 atom stereocenters. The van der Waals surface area contributed by atoms with Gasteiger partial charge < -0.3 is 5.32 Å². The fourth-order valence-corrected chi connectivity index (χ4v) is 1.32. The first-order chi connectivity index (χ1) is 8.90. The molecule has 19 heavy (non-hydrogen) atoms. The summed E-state index contributed by atoms with van der Waals surface area (Å²) in [5, 5.41) is 13.3. The molecule has 0 aliphatic carbocycles. The molecule has 102 valence electrons. The number of hydrogen-bond acceptors (Lipinski definition) is 3. The van der Waals surface area contributed by atoms with Crippen LogP contribution in [0.1, 0.15) is 26.3 Å². The van der Waals surface area contributed by atoms with Gasteiger partial charge in [0, 0.05) is 24.3 Å². The predicted molar refractivity (Wildman–Crippen MR) is 74.6 cm³/mol. The Labute approximate surface area is 112 Å². The van der Waals surface area contributed by atoms with Gasteiger partial charge in [0.2, 0.25) is 5.91 Å². The summed E-state index contributed by atoms with van der Waals surface area (Å²) in [6, 6.07) is 6.14. The van der Waals surface area contributed by atoms with E-state index in [2.05, 4.69) is 5.32 Å². The summed E-state index contributed by atoms with van der Waals surface area (Å²) in [6.45, 7) is 6.01. The van der Waals surface area contributed by atoms with Crippen molar-refractivity contribution in [1.82, 2.24) is 5.32 Å². The standard InChI is InChI=1S/C14H18N2O3/c1-10(2)11(3)15-14(17)9-6-12-4-7-13(8-5-12)16(18)19/h4-11H,1-3H3,(H,15,17)/b9-6+/t11-/m1/s1. The molecule has 1 rings (SSSR count). The van der Waals surface area contributed by atoms with Gasteiger partial charge in [-0.25, -0.2) is 0 Å². The Morgan fingerprint density at radius 3 is 2.32 bits per heavy atom. The SMILES string of the molecule is CC(C)[C@@H](C)NC(=O)/C=C/c1ccc([N+](=O)[O-])cc1. The van der Waals surface area contributed by atoms with Gasteiger partial charge in [-0.1, -0.05) is 13.8 Å². The Hall–Kier alpha value is -2.17. The molecule has 1 N–H and O–H groups in total. The smallest absolute Gasteiger partial charge is 0.269 e. The van der Waals surface area contributed by atoms with Crippen LogP contribution in [-0.2, 0) is 4.79 Å². The molecule has 5 heteroatoms. The number of hydrogen-bond donors (Lipinski definition) is 1. The average Bonchev–Trinajstić information content (AvgIpc) is 2.36. The molecule has 0 spiro atoms. The number of non-ortho nitro benzene ring substituents is 1. The van der Waals surface area contributed by atoms with E-state index in [4.69, 9.17) is 0 Å². The Kier molecular flexibility index (Phi) is 5.23. The number of benzene rings is 1. The first-order valence-corrected chi connectivity index (χ1v) is 6.13. The molecule has 0 unspecified atom stereocenters. The second-order valence-electron chi connectivity index (χ2n) is 4.72. The van der Waals surface area contributed by atoms with Crippen LogP contribution in [0.4, 0.5) is 5.69 Å². The number of nitro groups is 1. The molecule has 0 heterocycles. The van der Waals surface area contributed by atoms with Crippen molar-refractivity contribution >= 4 is 17.7 Å². The minimum atomic E-state index is -0.454. The highest BCUT2D eigenvalue weighted by atomic mass is 16.6. The van der Waals surface area contributed by atoms with Gasteiger partial charge in [-0.15, -0.1) is 0 Å². The van der Waals surface area contributed by atoms with Crippen LogP contribution < -0.4 is 5.32 Å². The van der Waals surface area contributed by atoms with E-state index in [1.54, 1.807) is 18.2 Å². The van der Waals surface area contributed by atoms with Crippen LogP contribution in [-0.4, -0.2) is 16.9 Å². The number of carbonyl (C=O) groups is 1.